The number of benzene rings is 1. The van der Waals surface area contributed by atoms with E-state index >= 15 is 0 Å². The van der Waals surface area contributed by atoms with Crippen LogP contribution in [-0.2, 0) is 0 Å². The molecule has 0 bridgehead atoms. The second-order valence-electron chi connectivity index (χ2n) is 3.30. The van der Waals surface area contributed by atoms with Crippen LogP contribution in [0.2, 0.25) is 0 Å². The average Bonchev–Trinajstić information content (AvgIpc) is 2.19. The van der Waals surface area contributed by atoms with Gasteiger partial charge in [-0.2, -0.15) is 0 Å². The van der Waals surface area contributed by atoms with Gasteiger partial charge in [0.1, 0.15) is 5.75 Å². The molecule has 0 amide bonds. The van der Waals surface area contributed by atoms with Crippen molar-refractivity contribution < 1.29 is 5.11 Å². The van der Waals surface area contributed by atoms with E-state index in [0.717, 1.165) is 22.9 Å². The topological polar surface area (TPSA) is 46.2 Å². The van der Waals surface area contributed by atoms with E-state index in [0.29, 0.717) is 4.47 Å². The predicted molar refractivity (Wildman–Crippen MR) is 77.1 cm³/mol. The maximum Gasteiger partial charge on any atom is 0.134 e. The van der Waals surface area contributed by atoms with Gasteiger partial charge in [0.15, 0.2) is 0 Å². The van der Waals surface area contributed by atoms with Crippen LogP contribution in [0.4, 0.5) is 0 Å². The maximum absolute atomic E-state index is 9.82. The van der Waals surface area contributed by atoms with Gasteiger partial charge in [-0.1, -0.05) is 22.0 Å². The minimum atomic E-state index is -0.170. The number of halogens is 3. The van der Waals surface area contributed by atoms with Crippen LogP contribution in [0.3, 0.4) is 0 Å². The Hall–Kier alpha value is -0.0300. The molecule has 0 aliphatic heterocycles. The zero-order valence-electron chi connectivity index (χ0n) is 8.62. The number of phenols is 1. The summed E-state index contributed by atoms with van der Waals surface area (Å²) < 4.78 is 1.55. The highest BCUT2D eigenvalue weighted by Crippen LogP contribution is 2.35. The molecule has 0 aliphatic carbocycles. The van der Waals surface area contributed by atoms with Gasteiger partial charge in [0.2, 0.25) is 0 Å². The van der Waals surface area contributed by atoms with Gasteiger partial charge < -0.3 is 10.8 Å². The fourth-order valence-corrected chi connectivity index (χ4v) is 2.58. The third-order valence-corrected chi connectivity index (χ3v) is 3.20. The van der Waals surface area contributed by atoms with Crippen molar-refractivity contribution in [3.05, 3.63) is 39.3 Å². The lowest BCUT2D eigenvalue weighted by atomic mass is 10.0. The number of rotatable bonds is 4. The summed E-state index contributed by atoms with van der Waals surface area (Å²) in [5, 5.41) is 9.82. The number of nitrogens with two attached hydrogens (primary N) is 1. The molecule has 1 atom stereocenters. The van der Waals surface area contributed by atoms with Crippen LogP contribution in [0.15, 0.2) is 33.7 Å². The molecule has 0 unspecified atom stereocenters. The summed E-state index contributed by atoms with van der Waals surface area (Å²) in [4.78, 5) is 0. The Bertz CT molecular complexity index is 371. The van der Waals surface area contributed by atoms with Crippen LogP contribution in [0.5, 0.6) is 5.75 Å². The lowest BCUT2D eigenvalue weighted by Gasteiger charge is -2.14. The molecule has 0 heterocycles. The van der Waals surface area contributed by atoms with E-state index in [2.05, 4.69) is 38.4 Å². The Labute approximate surface area is 119 Å². The van der Waals surface area contributed by atoms with Crippen LogP contribution in [0.1, 0.15) is 24.4 Å². The van der Waals surface area contributed by atoms with Crippen molar-refractivity contribution in [1.29, 1.82) is 0 Å². The molecule has 0 radical (unpaired) electrons. The van der Waals surface area contributed by atoms with Crippen LogP contribution < -0.4 is 5.73 Å². The van der Waals surface area contributed by atoms with Crippen molar-refractivity contribution in [1.82, 2.24) is 0 Å². The van der Waals surface area contributed by atoms with Crippen LogP contribution in [0.25, 0.3) is 0 Å². The SMILES string of the molecule is C=CCC[C@H](N)c1cc(Br)cc(Br)c1O.Cl. The van der Waals surface area contributed by atoms with Crippen molar-refractivity contribution >= 4 is 44.3 Å². The van der Waals surface area contributed by atoms with Crippen molar-refractivity contribution in [2.45, 2.75) is 18.9 Å². The number of aromatic hydroxyl groups is 1. The average molecular weight is 371 g/mol. The van der Waals surface area contributed by atoms with Crippen molar-refractivity contribution in [2.24, 2.45) is 5.73 Å². The van der Waals surface area contributed by atoms with E-state index in [9.17, 15) is 5.11 Å². The first-order valence-electron chi connectivity index (χ1n) is 4.60. The third kappa shape index (κ3) is 4.09. The molecule has 3 N–H and O–H groups in total. The van der Waals surface area contributed by atoms with Gasteiger partial charge >= 0.3 is 0 Å². The molecule has 0 saturated carbocycles. The van der Waals surface area contributed by atoms with Crippen molar-refractivity contribution in [3.8, 4) is 5.75 Å². The van der Waals surface area contributed by atoms with Gasteiger partial charge in [0.05, 0.1) is 4.47 Å². The number of phenolic OH excluding ortho intramolecular Hbond substituents is 1. The first kappa shape index (κ1) is 16.0. The molecule has 0 aliphatic rings. The Balaban J connectivity index is 0.00000225. The molecule has 1 aromatic carbocycles. The fraction of sp³-hybridized carbons (Fsp3) is 0.273. The van der Waals surface area contributed by atoms with Crippen molar-refractivity contribution in [3.63, 3.8) is 0 Å². The number of allylic oxidation sites excluding steroid dienone is 1. The monoisotopic (exact) mass is 369 g/mol. The second kappa shape index (κ2) is 7.33. The number of hydrogen-bond donors (Lipinski definition) is 2. The summed E-state index contributed by atoms with van der Waals surface area (Å²) in [5.74, 6) is 0.217. The predicted octanol–water partition coefficient (Wildman–Crippen LogP) is 4.31. The van der Waals surface area contributed by atoms with Crippen LogP contribution in [0, 0.1) is 0 Å². The van der Waals surface area contributed by atoms with Gasteiger partial charge in [0, 0.05) is 16.1 Å². The molecule has 90 valence electrons. The van der Waals surface area contributed by atoms with Crippen LogP contribution in [-0.4, -0.2) is 5.11 Å². The largest absolute Gasteiger partial charge is 0.506 e. The van der Waals surface area contributed by atoms with Gasteiger partial charge in [-0.05, 0) is 40.9 Å². The molecular formula is C11H14Br2ClNO. The zero-order chi connectivity index (χ0) is 11.4. The summed E-state index contributed by atoms with van der Waals surface area (Å²) >= 11 is 6.64. The smallest absolute Gasteiger partial charge is 0.134 e. The highest BCUT2D eigenvalue weighted by molar-refractivity contribution is 9.11. The van der Waals surface area contributed by atoms with Gasteiger partial charge in [-0.25, -0.2) is 0 Å². The van der Waals surface area contributed by atoms with E-state index < -0.39 is 0 Å². The Morgan fingerprint density at radius 3 is 2.62 bits per heavy atom. The van der Waals surface area contributed by atoms with Crippen molar-refractivity contribution in [2.75, 3.05) is 0 Å². The number of hydrogen-bond acceptors (Lipinski definition) is 2. The molecule has 16 heavy (non-hydrogen) atoms. The van der Waals surface area contributed by atoms with Gasteiger partial charge in [-0.15, -0.1) is 19.0 Å². The van der Waals surface area contributed by atoms with E-state index in [4.69, 9.17) is 5.73 Å². The van der Waals surface area contributed by atoms with E-state index in [1.807, 2.05) is 12.1 Å². The summed E-state index contributed by atoms with van der Waals surface area (Å²) in [5.41, 5.74) is 6.72. The minimum absolute atomic E-state index is 0. The van der Waals surface area contributed by atoms with E-state index in [1.54, 1.807) is 6.07 Å². The molecule has 0 aromatic heterocycles. The molecule has 5 heteroatoms. The second-order valence-corrected chi connectivity index (χ2v) is 5.07. The summed E-state index contributed by atoms with van der Waals surface area (Å²) in [6.45, 7) is 3.65. The molecule has 1 aromatic rings. The first-order chi connectivity index (χ1) is 7.06. The Kier molecular flexibility index (Phi) is 7.31. The molecular weight excluding hydrogens is 357 g/mol. The Morgan fingerprint density at radius 2 is 2.06 bits per heavy atom. The summed E-state index contributed by atoms with van der Waals surface area (Å²) in [6, 6.07) is 3.46. The zero-order valence-corrected chi connectivity index (χ0v) is 12.6. The minimum Gasteiger partial charge on any atom is -0.506 e. The fourth-order valence-electron chi connectivity index (χ4n) is 1.32. The van der Waals surface area contributed by atoms with Gasteiger partial charge in [-0.3, -0.25) is 0 Å². The quantitative estimate of drug-likeness (QED) is 0.775. The standard InChI is InChI=1S/C11H13Br2NO.ClH/c1-2-3-4-10(14)8-5-7(12)6-9(13)11(8)15;/h2,5-6,10,15H,1,3-4,14H2;1H/t10-;/m0./s1. The molecule has 0 spiro atoms. The van der Waals surface area contributed by atoms with E-state index in [-0.39, 0.29) is 24.2 Å². The Morgan fingerprint density at radius 1 is 1.44 bits per heavy atom. The van der Waals surface area contributed by atoms with Crippen LogP contribution >= 0.6 is 44.3 Å². The maximum atomic E-state index is 9.82. The highest BCUT2D eigenvalue weighted by atomic mass is 79.9. The molecule has 0 saturated heterocycles. The highest BCUT2D eigenvalue weighted by Gasteiger charge is 2.13. The normalized spacial score (nSPS) is 11.7. The summed E-state index contributed by atoms with van der Waals surface area (Å²) in [6.07, 6.45) is 3.44. The first-order valence-corrected chi connectivity index (χ1v) is 6.19. The lowest BCUT2D eigenvalue weighted by molar-refractivity contribution is 0.455. The molecule has 0 fully saturated rings. The molecule has 2 nitrogen and oxygen atoms in total. The molecule has 1 rings (SSSR count). The van der Waals surface area contributed by atoms with E-state index in [1.165, 1.54) is 0 Å². The third-order valence-electron chi connectivity index (χ3n) is 2.14. The lowest BCUT2D eigenvalue weighted by Crippen LogP contribution is -2.10. The summed E-state index contributed by atoms with van der Waals surface area (Å²) in [7, 11) is 0. The van der Waals surface area contributed by atoms with Gasteiger partial charge in [0.25, 0.3) is 0 Å².